The molecule has 0 aliphatic heterocycles. The molecule has 2 aromatic rings. The fourth-order valence-corrected chi connectivity index (χ4v) is 3.45. The smallest absolute Gasteiger partial charge is 0.0440 e. The summed E-state index contributed by atoms with van der Waals surface area (Å²) in [6, 6.07) is 11.3. The average molecular weight is 273 g/mol. The normalized spacial score (nSPS) is 12.9. The highest BCUT2D eigenvalue weighted by atomic mass is 32.1. The minimum atomic E-state index is 0.444. The van der Waals surface area contributed by atoms with Crippen molar-refractivity contribution in [2.24, 2.45) is 5.92 Å². The molecule has 1 aromatic carbocycles. The van der Waals surface area contributed by atoms with Crippen LogP contribution in [0, 0.1) is 19.8 Å². The van der Waals surface area contributed by atoms with Crippen molar-refractivity contribution in [1.29, 1.82) is 0 Å². The Kier molecular flexibility index (Phi) is 4.78. The van der Waals surface area contributed by atoms with E-state index in [0.717, 1.165) is 6.54 Å². The third-order valence-electron chi connectivity index (χ3n) is 3.66. The van der Waals surface area contributed by atoms with Crippen LogP contribution in [0.25, 0.3) is 0 Å². The maximum atomic E-state index is 3.73. The minimum absolute atomic E-state index is 0.444. The maximum Gasteiger partial charge on any atom is 0.0440 e. The second-order valence-electron chi connectivity index (χ2n) is 5.49. The molecule has 1 nitrogen and oxygen atoms in total. The van der Waals surface area contributed by atoms with Crippen LogP contribution in [-0.4, -0.2) is 0 Å². The third kappa shape index (κ3) is 3.46. The SMILES string of the molecule is Cc1cccc(C)c1CNC(c1cccs1)C(C)C. The van der Waals surface area contributed by atoms with Crippen molar-refractivity contribution in [3.63, 3.8) is 0 Å². The Hall–Kier alpha value is -1.12. The van der Waals surface area contributed by atoms with Crippen LogP contribution in [0.3, 0.4) is 0 Å². The molecule has 0 aliphatic rings. The van der Waals surface area contributed by atoms with Crippen LogP contribution in [0.15, 0.2) is 35.7 Å². The summed E-state index contributed by atoms with van der Waals surface area (Å²) in [6.07, 6.45) is 0. The van der Waals surface area contributed by atoms with E-state index in [2.05, 4.69) is 68.7 Å². The van der Waals surface area contributed by atoms with Gasteiger partial charge in [-0.1, -0.05) is 38.1 Å². The van der Waals surface area contributed by atoms with Crippen molar-refractivity contribution >= 4 is 11.3 Å². The van der Waals surface area contributed by atoms with Gasteiger partial charge in [0.1, 0.15) is 0 Å². The Balaban J connectivity index is 2.12. The first-order valence-electron chi connectivity index (χ1n) is 6.91. The monoisotopic (exact) mass is 273 g/mol. The number of nitrogens with one attached hydrogen (secondary N) is 1. The van der Waals surface area contributed by atoms with Crippen molar-refractivity contribution in [2.45, 2.75) is 40.3 Å². The first-order valence-corrected chi connectivity index (χ1v) is 7.79. The van der Waals surface area contributed by atoms with Gasteiger partial charge >= 0.3 is 0 Å². The molecular weight excluding hydrogens is 250 g/mol. The van der Waals surface area contributed by atoms with Gasteiger partial charge in [-0.2, -0.15) is 0 Å². The van der Waals surface area contributed by atoms with Gasteiger partial charge in [-0.05, 0) is 47.9 Å². The number of hydrogen-bond acceptors (Lipinski definition) is 2. The lowest BCUT2D eigenvalue weighted by atomic mass is 9.99. The van der Waals surface area contributed by atoms with Gasteiger partial charge in [0, 0.05) is 17.5 Å². The van der Waals surface area contributed by atoms with E-state index in [1.165, 1.54) is 21.6 Å². The standard InChI is InChI=1S/C17H23NS/c1-12(2)17(16-9-6-10-19-16)18-11-15-13(3)7-5-8-14(15)4/h5-10,12,17-18H,11H2,1-4H3. The van der Waals surface area contributed by atoms with Crippen molar-refractivity contribution in [3.05, 3.63) is 57.3 Å². The van der Waals surface area contributed by atoms with Crippen LogP contribution in [0.5, 0.6) is 0 Å². The topological polar surface area (TPSA) is 12.0 Å². The highest BCUT2D eigenvalue weighted by Crippen LogP contribution is 2.26. The molecule has 0 radical (unpaired) electrons. The zero-order valence-electron chi connectivity index (χ0n) is 12.2. The molecule has 0 aliphatic carbocycles. The van der Waals surface area contributed by atoms with Gasteiger partial charge in [0.2, 0.25) is 0 Å². The molecule has 0 saturated heterocycles. The van der Waals surface area contributed by atoms with E-state index in [0.29, 0.717) is 12.0 Å². The number of benzene rings is 1. The first kappa shape index (κ1) is 14.3. The van der Waals surface area contributed by atoms with Crippen LogP contribution in [0.2, 0.25) is 0 Å². The molecule has 1 atom stereocenters. The number of thiophene rings is 1. The van der Waals surface area contributed by atoms with Gasteiger partial charge in [0.15, 0.2) is 0 Å². The number of rotatable bonds is 5. The van der Waals surface area contributed by atoms with Crippen molar-refractivity contribution < 1.29 is 0 Å². The quantitative estimate of drug-likeness (QED) is 0.821. The Morgan fingerprint density at radius 1 is 1.05 bits per heavy atom. The second kappa shape index (κ2) is 6.36. The van der Waals surface area contributed by atoms with Crippen LogP contribution in [0.1, 0.15) is 41.5 Å². The highest BCUT2D eigenvalue weighted by molar-refractivity contribution is 7.10. The van der Waals surface area contributed by atoms with Crippen LogP contribution in [0.4, 0.5) is 0 Å². The molecule has 1 heterocycles. The van der Waals surface area contributed by atoms with Gasteiger partial charge < -0.3 is 5.32 Å². The van der Waals surface area contributed by atoms with E-state index in [4.69, 9.17) is 0 Å². The summed E-state index contributed by atoms with van der Waals surface area (Å²) < 4.78 is 0. The highest BCUT2D eigenvalue weighted by Gasteiger charge is 2.16. The number of hydrogen-bond donors (Lipinski definition) is 1. The zero-order chi connectivity index (χ0) is 13.8. The van der Waals surface area contributed by atoms with E-state index < -0.39 is 0 Å². The van der Waals surface area contributed by atoms with Crippen molar-refractivity contribution in [2.75, 3.05) is 0 Å². The van der Waals surface area contributed by atoms with Crippen molar-refractivity contribution in [1.82, 2.24) is 5.32 Å². The van der Waals surface area contributed by atoms with E-state index in [1.54, 1.807) is 0 Å². The Bertz CT molecular complexity index is 494. The predicted octanol–water partition coefficient (Wildman–Crippen LogP) is 4.85. The summed E-state index contributed by atoms with van der Waals surface area (Å²) in [7, 11) is 0. The fourth-order valence-electron chi connectivity index (χ4n) is 2.47. The van der Waals surface area contributed by atoms with Gasteiger partial charge in [0.05, 0.1) is 0 Å². The molecule has 0 amide bonds. The molecule has 0 spiro atoms. The molecule has 1 unspecified atom stereocenters. The van der Waals surface area contributed by atoms with Gasteiger partial charge in [0.25, 0.3) is 0 Å². The van der Waals surface area contributed by atoms with E-state index in [-0.39, 0.29) is 0 Å². The molecule has 19 heavy (non-hydrogen) atoms. The lowest BCUT2D eigenvalue weighted by Gasteiger charge is -2.22. The zero-order valence-corrected chi connectivity index (χ0v) is 13.1. The number of aryl methyl sites for hydroxylation is 2. The van der Waals surface area contributed by atoms with E-state index >= 15 is 0 Å². The summed E-state index contributed by atoms with van der Waals surface area (Å²) in [5.74, 6) is 0.600. The molecule has 2 heteroatoms. The van der Waals surface area contributed by atoms with E-state index in [1.807, 2.05) is 11.3 Å². The fraction of sp³-hybridized carbons (Fsp3) is 0.412. The molecule has 102 valence electrons. The Morgan fingerprint density at radius 3 is 2.26 bits per heavy atom. The van der Waals surface area contributed by atoms with Crippen LogP contribution < -0.4 is 5.32 Å². The lowest BCUT2D eigenvalue weighted by Crippen LogP contribution is -2.25. The molecule has 2 rings (SSSR count). The maximum absolute atomic E-state index is 3.73. The lowest BCUT2D eigenvalue weighted by molar-refractivity contribution is 0.416. The van der Waals surface area contributed by atoms with Crippen LogP contribution in [-0.2, 0) is 6.54 Å². The van der Waals surface area contributed by atoms with E-state index in [9.17, 15) is 0 Å². The van der Waals surface area contributed by atoms with Gasteiger partial charge in [-0.15, -0.1) is 11.3 Å². The third-order valence-corrected chi connectivity index (χ3v) is 4.61. The largest absolute Gasteiger partial charge is 0.305 e. The molecule has 0 saturated carbocycles. The summed E-state index contributed by atoms with van der Waals surface area (Å²) in [5, 5.41) is 5.89. The average Bonchev–Trinajstić information content (AvgIpc) is 2.86. The van der Waals surface area contributed by atoms with Crippen LogP contribution >= 0.6 is 11.3 Å². The molecule has 1 N–H and O–H groups in total. The second-order valence-corrected chi connectivity index (χ2v) is 6.47. The van der Waals surface area contributed by atoms with Crippen molar-refractivity contribution in [3.8, 4) is 0 Å². The summed E-state index contributed by atoms with van der Waals surface area (Å²) in [6.45, 7) is 9.89. The summed E-state index contributed by atoms with van der Waals surface area (Å²) >= 11 is 1.84. The minimum Gasteiger partial charge on any atom is -0.305 e. The summed E-state index contributed by atoms with van der Waals surface area (Å²) in [4.78, 5) is 1.43. The molecule has 0 bridgehead atoms. The molecule has 0 fully saturated rings. The van der Waals surface area contributed by atoms with Gasteiger partial charge in [-0.3, -0.25) is 0 Å². The Morgan fingerprint density at radius 2 is 1.74 bits per heavy atom. The molecular formula is C17H23NS. The molecule has 1 aromatic heterocycles. The first-order chi connectivity index (χ1) is 9.09. The Labute approximate surface area is 120 Å². The van der Waals surface area contributed by atoms with Gasteiger partial charge in [-0.25, -0.2) is 0 Å². The predicted molar refractivity (Wildman–Crippen MR) is 84.7 cm³/mol. The summed E-state index contributed by atoms with van der Waals surface area (Å²) in [5.41, 5.74) is 4.19.